The molecule has 1 N–H and O–H groups in total. The summed E-state index contributed by atoms with van der Waals surface area (Å²) in [6.07, 6.45) is 0.300. The van der Waals surface area contributed by atoms with Crippen LogP contribution in [-0.4, -0.2) is 5.11 Å². The Morgan fingerprint density at radius 1 is 1.16 bits per heavy atom. The zero-order chi connectivity index (χ0) is 14.0. The Labute approximate surface area is 119 Å². The molecule has 0 aliphatic carbocycles. The fourth-order valence-corrected chi connectivity index (χ4v) is 2.11. The molecule has 0 aliphatic heterocycles. The van der Waals surface area contributed by atoms with Gasteiger partial charge in [-0.05, 0) is 46.7 Å². The van der Waals surface area contributed by atoms with Crippen LogP contribution in [0.3, 0.4) is 0 Å². The summed E-state index contributed by atoms with van der Waals surface area (Å²) in [5.41, 5.74) is 2.22. The Morgan fingerprint density at radius 2 is 1.79 bits per heavy atom. The molecule has 1 atom stereocenters. The summed E-state index contributed by atoms with van der Waals surface area (Å²) in [7, 11) is 0. The van der Waals surface area contributed by atoms with Crippen molar-refractivity contribution in [1.29, 1.82) is 0 Å². The van der Waals surface area contributed by atoms with Gasteiger partial charge in [-0.3, -0.25) is 0 Å². The third-order valence-corrected chi connectivity index (χ3v) is 3.96. The number of rotatable bonds is 4. The Balaban J connectivity index is 2.23. The van der Waals surface area contributed by atoms with Crippen molar-refractivity contribution in [1.82, 2.24) is 0 Å². The molecule has 0 bridgehead atoms. The average molecular weight is 279 g/mol. The molecule has 0 radical (unpaired) electrons. The van der Waals surface area contributed by atoms with Crippen molar-refractivity contribution < 1.29 is 9.52 Å². The van der Waals surface area contributed by atoms with E-state index in [1.165, 1.54) is 5.56 Å². The molecular formula is C16H19ClO2. The number of benzene rings is 1. The van der Waals surface area contributed by atoms with Gasteiger partial charge in [0.15, 0.2) is 5.22 Å². The molecule has 19 heavy (non-hydrogen) atoms. The van der Waals surface area contributed by atoms with Gasteiger partial charge in [-0.25, -0.2) is 0 Å². The highest BCUT2D eigenvalue weighted by atomic mass is 35.5. The third kappa shape index (κ3) is 3.02. The van der Waals surface area contributed by atoms with Gasteiger partial charge in [0.1, 0.15) is 11.9 Å². The van der Waals surface area contributed by atoms with E-state index in [9.17, 15) is 5.11 Å². The van der Waals surface area contributed by atoms with Crippen LogP contribution in [0.15, 0.2) is 40.8 Å². The van der Waals surface area contributed by atoms with Crippen molar-refractivity contribution in [3.63, 3.8) is 0 Å². The highest BCUT2D eigenvalue weighted by Crippen LogP contribution is 2.30. The summed E-state index contributed by atoms with van der Waals surface area (Å²) in [6.45, 7) is 6.60. The van der Waals surface area contributed by atoms with Crippen LogP contribution < -0.4 is 0 Å². The van der Waals surface area contributed by atoms with Gasteiger partial charge >= 0.3 is 0 Å². The number of hydrogen-bond acceptors (Lipinski definition) is 2. The lowest BCUT2D eigenvalue weighted by molar-refractivity contribution is 0.189. The summed E-state index contributed by atoms with van der Waals surface area (Å²) in [6, 6.07) is 11.3. The SMILES string of the molecule is CCC(C)(C)c1ccc(C(O)c2ccc(Cl)o2)cc1. The van der Waals surface area contributed by atoms with Crippen LogP contribution in [0.25, 0.3) is 0 Å². The molecule has 1 aromatic carbocycles. The van der Waals surface area contributed by atoms with Crippen LogP contribution in [-0.2, 0) is 5.41 Å². The number of aliphatic hydroxyl groups is 1. The van der Waals surface area contributed by atoms with E-state index in [-0.39, 0.29) is 10.6 Å². The first kappa shape index (κ1) is 14.2. The van der Waals surface area contributed by atoms with E-state index in [2.05, 4.69) is 32.9 Å². The molecule has 2 rings (SSSR count). The van der Waals surface area contributed by atoms with Gasteiger partial charge in [-0.15, -0.1) is 0 Å². The van der Waals surface area contributed by atoms with Gasteiger partial charge < -0.3 is 9.52 Å². The van der Waals surface area contributed by atoms with E-state index in [0.29, 0.717) is 5.76 Å². The van der Waals surface area contributed by atoms with Crippen molar-refractivity contribution in [3.8, 4) is 0 Å². The quantitative estimate of drug-likeness (QED) is 0.879. The Hall–Kier alpha value is -1.25. The molecule has 1 unspecified atom stereocenters. The molecule has 0 saturated carbocycles. The second-order valence-corrected chi connectivity index (χ2v) is 5.78. The maximum absolute atomic E-state index is 10.2. The molecular weight excluding hydrogens is 260 g/mol. The average Bonchev–Trinajstić information content (AvgIpc) is 2.85. The molecule has 0 saturated heterocycles. The Kier molecular flexibility index (Phi) is 4.02. The molecule has 102 valence electrons. The summed E-state index contributed by atoms with van der Waals surface area (Å²) in [5.74, 6) is 0.465. The van der Waals surface area contributed by atoms with E-state index in [1.807, 2.05) is 12.1 Å². The minimum atomic E-state index is -0.772. The van der Waals surface area contributed by atoms with Crippen molar-refractivity contribution in [3.05, 3.63) is 58.5 Å². The Bertz CT molecular complexity index is 540. The second-order valence-electron chi connectivity index (χ2n) is 5.40. The van der Waals surface area contributed by atoms with Crippen LogP contribution in [0.1, 0.15) is 50.2 Å². The lowest BCUT2D eigenvalue weighted by Gasteiger charge is -2.23. The van der Waals surface area contributed by atoms with Crippen LogP contribution >= 0.6 is 11.6 Å². The van der Waals surface area contributed by atoms with E-state index in [0.717, 1.165) is 12.0 Å². The highest BCUT2D eigenvalue weighted by Gasteiger charge is 2.19. The molecule has 0 fully saturated rings. The highest BCUT2D eigenvalue weighted by molar-refractivity contribution is 6.28. The third-order valence-electron chi connectivity index (χ3n) is 3.76. The molecule has 0 amide bonds. The second kappa shape index (κ2) is 5.40. The van der Waals surface area contributed by atoms with Gasteiger partial charge in [0.2, 0.25) is 0 Å². The standard InChI is InChI=1S/C16H19ClO2/c1-4-16(2,3)12-7-5-11(6-8-12)15(18)13-9-10-14(17)19-13/h5-10,15,18H,4H2,1-3H3. The first-order valence-electron chi connectivity index (χ1n) is 6.48. The van der Waals surface area contributed by atoms with Crippen LogP contribution in [0.2, 0.25) is 5.22 Å². The van der Waals surface area contributed by atoms with Crippen molar-refractivity contribution >= 4 is 11.6 Å². The Morgan fingerprint density at radius 3 is 2.26 bits per heavy atom. The summed E-state index contributed by atoms with van der Waals surface area (Å²) < 4.78 is 5.23. The fraction of sp³-hybridized carbons (Fsp3) is 0.375. The molecule has 0 spiro atoms. The van der Waals surface area contributed by atoms with Crippen molar-refractivity contribution in [2.24, 2.45) is 0 Å². The van der Waals surface area contributed by atoms with E-state index in [1.54, 1.807) is 12.1 Å². The van der Waals surface area contributed by atoms with E-state index >= 15 is 0 Å². The number of hydrogen-bond donors (Lipinski definition) is 1. The van der Waals surface area contributed by atoms with Gasteiger partial charge in [0, 0.05) is 0 Å². The minimum Gasteiger partial charge on any atom is -0.447 e. The van der Waals surface area contributed by atoms with Gasteiger partial charge in [-0.1, -0.05) is 45.0 Å². The van der Waals surface area contributed by atoms with Crippen molar-refractivity contribution in [2.75, 3.05) is 0 Å². The first-order chi connectivity index (χ1) is 8.94. The monoisotopic (exact) mass is 278 g/mol. The van der Waals surface area contributed by atoms with Crippen LogP contribution in [0.5, 0.6) is 0 Å². The fourth-order valence-electron chi connectivity index (χ4n) is 1.96. The molecule has 3 heteroatoms. The summed E-state index contributed by atoms with van der Waals surface area (Å²) in [5, 5.41) is 10.5. The van der Waals surface area contributed by atoms with Crippen LogP contribution in [0.4, 0.5) is 0 Å². The number of aliphatic hydroxyl groups excluding tert-OH is 1. The molecule has 0 aliphatic rings. The van der Waals surface area contributed by atoms with Crippen LogP contribution in [0, 0.1) is 0 Å². The predicted octanol–water partition coefficient (Wildman–Crippen LogP) is 4.70. The van der Waals surface area contributed by atoms with Gasteiger partial charge in [0.25, 0.3) is 0 Å². The number of furan rings is 1. The largest absolute Gasteiger partial charge is 0.447 e. The maximum Gasteiger partial charge on any atom is 0.193 e. The van der Waals surface area contributed by atoms with Gasteiger partial charge in [0.05, 0.1) is 0 Å². The predicted molar refractivity (Wildman–Crippen MR) is 77.5 cm³/mol. The molecule has 1 aromatic heterocycles. The summed E-state index contributed by atoms with van der Waals surface area (Å²) in [4.78, 5) is 0. The zero-order valence-electron chi connectivity index (χ0n) is 11.5. The van der Waals surface area contributed by atoms with E-state index in [4.69, 9.17) is 16.0 Å². The smallest absolute Gasteiger partial charge is 0.193 e. The maximum atomic E-state index is 10.2. The molecule has 1 heterocycles. The summed E-state index contributed by atoms with van der Waals surface area (Å²) >= 11 is 5.72. The minimum absolute atomic E-state index is 0.150. The molecule has 2 nitrogen and oxygen atoms in total. The normalized spacial score (nSPS) is 13.5. The lowest BCUT2D eigenvalue weighted by Crippen LogP contribution is -2.15. The number of halogens is 1. The van der Waals surface area contributed by atoms with E-state index < -0.39 is 6.10 Å². The van der Waals surface area contributed by atoms with Crippen molar-refractivity contribution in [2.45, 2.75) is 38.7 Å². The topological polar surface area (TPSA) is 33.4 Å². The zero-order valence-corrected chi connectivity index (χ0v) is 12.2. The first-order valence-corrected chi connectivity index (χ1v) is 6.85. The van der Waals surface area contributed by atoms with Gasteiger partial charge in [-0.2, -0.15) is 0 Å². The lowest BCUT2D eigenvalue weighted by atomic mass is 9.82. The molecule has 2 aromatic rings.